The van der Waals surface area contributed by atoms with Crippen molar-refractivity contribution >= 4 is 16.8 Å². The van der Waals surface area contributed by atoms with E-state index in [1.54, 1.807) is 0 Å². The molecular weight excluding hydrogens is 444 g/mol. The molecule has 6 nitrogen and oxygen atoms in total. The molecule has 176 valence electrons. The monoisotopic (exact) mass is 465 g/mol. The van der Waals surface area contributed by atoms with Crippen LogP contribution in [-0.2, 0) is 0 Å². The summed E-state index contributed by atoms with van der Waals surface area (Å²) in [4.78, 5) is 16.5. The third kappa shape index (κ3) is 6.00. The van der Waals surface area contributed by atoms with E-state index in [1.165, 1.54) is 12.3 Å². The van der Waals surface area contributed by atoms with E-state index in [9.17, 15) is 31.1 Å². The van der Waals surface area contributed by atoms with Gasteiger partial charge in [0.1, 0.15) is 6.04 Å². The minimum atomic E-state index is -4.55. The van der Waals surface area contributed by atoms with E-state index in [0.29, 0.717) is 25.7 Å². The van der Waals surface area contributed by atoms with Crippen LogP contribution in [0.25, 0.3) is 10.9 Å². The van der Waals surface area contributed by atoms with E-state index >= 15 is 0 Å². The highest BCUT2D eigenvalue weighted by Gasteiger charge is 2.40. The Morgan fingerprint density at radius 3 is 2.41 bits per heavy atom. The Morgan fingerprint density at radius 1 is 1.16 bits per heavy atom. The lowest BCUT2D eigenvalue weighted by atomic mass is 9.90. The van der Waals surface area contributed by atoms with Gasteiger partial charge in [0.05, 0.1) is 17.7 Å². The standard InChI is InChI=1S/C20H21F6N3O3/c21-14-6-10-5-11(8-27-15(10)7-16(14)32-19(22)23)18(31)29-13-3-1-12(2-4-13)28-17(9-30)20(24,25)26/h5-8,12-13,17,19,28,30H,1-4,9H2,(H,29,31)/t12?,13?,17-/m1/s1. The molecule has 0 radical (unpaired) electrons. The number of aromatic nitrogens is 1. The van der Waals surface area contributed by atoms with Gasteiger partial charge in [0.2, 0.25) is 0 Å². The lowest BCUT2D eigenvalue weighted by molar-refractivity contribution is -0.166. The predicted octanol–water partition coefficient (Wildman–Crippen LogP) is 3.53. The highest BCUT2D eigenvalue weighted by atomic mass is 19.4. The van der Waals surface area contributed by atoms with E-state index in [-0.39, 0.29) is 22.5 Å². The van der Waals surface area contributed by atoms with Crippen molar-refractivity contribution in [1.29, 1.82) is 0 Å². The number of aliphatic hydroxyl groups excluding tert-OH is 1. The van der Waals surface area contributed by atoms with E-state index in [0.717, 1.165) is 12.1 Å². The fraction of sp³-hybridized carbons (Fsp3) is 0.500. The molecule has 0 unspecified atom stereocenters. The number of amides is 1. The molecule has 32 heavy (non-hydrogen) atoms. The van der Waals surface area contributed by atoms with Crippen LogP contribution >= 0.6 is 0 Å². The van der Waals surface area contributed by atoms with Gasteiger partial charge in [-0.25, -0.2) is 4.39 Å². The van der Waals surface area contributed by atoms with Gasteiger partial charge in [-0.1, -0.05) is 0 Å². The second-order valence-corrected chi connectivity index (χ2v) is 7.54. The molecule has 3 N–H and O–H groups in total. The number of ether oxygens (including phenoxy) is 1. The topological polar surface area (TPSA) is 83.5 Å². The number of halogens is 6. The maximum Gasteiger partial charge on any atom is 0.406 e. The van der Waals surface area contributed by atoms with Crippen LogP contribution in [0.4, 0.5) is 26.3 Å². The van der Waals surface area contributed by atoms with Crippen molar-refractivity contribution < 1.29 is 41.0 Å². The zero-order valence-electron chi connectivity index (χ0n) is 16.6. The third-order valence-electron chi connectivity index (χ3n) is 5.29. The Hall–Kier alpha value is -2.60. The number of hydrogen-bond donors (Lipinski definition) is 3. The first-order chi connectivity index (χ1) is 15.1. The van der Waals surface area contributed by atoms with Gasteiger partial charge in [0, 0.05) is 29.7 Å². The van der Waals surface area contributed by atoms with Crippen molar-refractivity contribution in [3.63, 3.8) is 0 Å². The van der Waals surface area contributed by atoms with Crippen LogP contribution in [0.2, 0.25) is 0 Å². The van der Waals surface area contributed by atoms with Crippen molar-refractivity contribution in [2.45, 2.75) is 56.6 Å². The molecule has 0 aliphatic heterocycles. The molecule has 2 aromatic rings. The third-order valence-corrected chi connectivity index (χ3v) is 5.29. The summed E-state index contributed by atoms with van der Waals surface area (Å²) in [7, 11) is 0. The minimum absolute atomic E-state index is 0.122. The SMILES string of the molecule is O=C(NC1CCC(N[C@H](CO)C(F)(F)F)CC1)c1cnc2cc(OC(F)F)c(F)cc2c1. The number of pyridine rings is 1. The van der Waals surface area contributed by atoms with E-state index in [4.69, 9.17) is 5.11 Å². The summed E-state index contributed by atoms with van der Waals surface area (Å²) in [5.74, 6) is -2.17. The smallest absolute Gasteiger partial charge is 0.406 e. The summed E-state index contributed by atoms with van der Waals surface area (Å²) in [5, 5.41) is 14.3. The first-order valence-corrected chi connectivity index (χ1v) is 9.85. The molecule has 1 aliphatic carbocycles. The van der Waals surface area contributed by atoms with Crippen molar-refractivity contribution in [2.75, 3.05) is 6.61 Å². The van der Waals surface area contributed by atoms with Gasteiger partial charge in [-0.15, -0.1) is 0 Å². The first kappa shape index (κ1) is 24.1. The largest absolute Gasteiger partial charge is 0.432 e. The summed E-state index contributed by atoms with van der Waals surface area (Å²) < 4.78 is 81.0. The van der Waals surface area contributed by atoms with E-state index in [2.05, 4.69) is 20.4 Å². The molecule has 1 amide bonds. The summed E-state index contributed by atoms with van der Waals surface area (Å²) in [6, 6.07) is 0.605. The summed E-state index contributed by atoms with van der Waals surface area (Å²) in [6.07, 6.45) is -1.71. The fourth-order valence-electron chi connectivity index (χ4n) is 3.65. The number of carbonyl (C=O) groups excluding carboxylic acids is 1. The number of nitrogens with zero attached hydrogens (tertiary/aromatic N) is 1. The molecule has 0 saturated heterocycles. The quantitative estimate of drug-likeness (QED) is 0.545. The average Bonchev–Trinajstić information content (AvgIpc) is 2.72. The van der Waals surface area contributed by atoms with Gasteiger partial charge in [0.15, 0.2) is 11.6 Å². The summed E-state index contributed by atoms with van der Waals surface area (Å²) >= 11 is 0. The number of nitrogens with one attached hydrogen (secondary N) is 2. The van der Waals surface area contributed by atoms with Crippen LogP contribution in [0.3, 0.4) is 0 Å². The van der Waals surface area contributed by atoms with E-state index in [1.807, 2.05) is 0 Å². The van der Waals surface area contributed by atoms with Crippen LogP contribution in [-0.4, -0.2) is 53.5 Å². The van der Waals surface area contributed by atoms with Crippen LogP contribution in [0.15, 0.2) is 24.4 Å². The predicted molar refractivity (Wildman–Crippen MR) is 102 cm³/mol. The molecule has 1 saturated carbocycles. The van der Waals surface area contributed by atoms with Crippen molar-refractivity contribution in [1.82, 2.24) is 15.6 Å². The summed E-state index contributed by atoms with van der Waals surface area (Å²) in [6.45, 7) is -4.24. The van der Waals surface area contributed by atoms with Crippen LogP contribution in [0, 0.1) is 5.82 Å². The van der Waals surface area contributed by atoms with Crippen molar-refractivity contribution in [3.05, 3.63) is 35.8 Å². The number of aliphatic hydroxyl groups is 1. The van der Waals surface area contributed by atoms with Gasteiger partial charge in [0.25, 0.3) is 5.91 Å². The lowest BCUT2D eigenvalue weighted by Crippen LogP contribution is -2.51. The molecule has 1 atom stereocenters. The Balaban J connectivity index is 1.59. The van der Waals surface area contributed by atoms with Crippen molar-refractivity contribution in [3.8, 4) is 5.75 Å². The van der Waals surface area contributed by atoms with Crippen LogP contribution < -0.4 is 15.4 Å². The number of fused-ring (bicyclic) bond motifs is 1. The Morgan fingerprint density at radius 2 is 1.81 bits per heavy atom. The molecule has 1 aromatic carbocycles. The number of hydrogen-bond acceptors (Lipinski definition) is 5. The van der Waals surface area contributed by atoms with Gasteiger partial charge in [-0.3, -0.25) is 9.78 Å². The van der Waals surface area contributed by atoms with Crippen LogP contribution in [0.1, 0.15) is 36.0 Å². The number of rotatable bonds is 7. The molecule has 3 rings (SSSR count). The second-order valence-electron chi connectivity index (χ2n) is 7.54. The number of benzene rings is 1. The first-order valence-electron chi connectivity index (χ1n) is 9.85. The maximum absolute atomic E-state index is 13.9. The number of alkyl halides is 5. The normalized spacial score (nSPS) is 20.4. The van der Waals surface area contributed by atoms with Gasteiger partial charge in [-0.2, -0.15) is 22.0 Å². The number of carbonyl (C=O) groups is 1. The molecule has 1 fully saturated rings. The molecule has 0 spiro atoms. The molecule has 12 heteroatoms. The highest BCUT2D eigenvalue weighted by Crippen LogP contribution is 2.27. The summed E-state index contributed by atoms with van der Waals surface area (Å²) in [5.41, 5.74) is 0.283. The minimum Gasteiger partial charge on any atom is -0.432 e. The second kappa shape index (κ2) is 9.90. The zero-order valence-corrected chi connectivity index (χ0v) is 16.6. The maximum atomic E-state index is 13.9. The van der Waals surface area contributed by atoms with Crippen LogP contribution in [0.5, 0.6) is 5.75 Å². The fourth-order valence-corrected chi connectivity index (χ4v) is 3.65. The molecule has 1 heterocycles. The average molecular weight is 465 g/mol. The molecule has 1 aromatic heterocycles. The Kier molecular flexibility index (Phi) is 7.44. The molecular formula is C20H21F6N3O3. The van der Waals surface area contributed by atoms with Gasteiger partial charge >= 0.3 is 12.8 Å². The lowest BCUT2D eigenvalue weighted by Gasteiger charge is -2.32. The molecule has 1 aliphatic rings. The zero-order chi connectivity index (χ0) is 23.5. The van der Waals surface area contributed by atoms with Crippen molar-refractivity contribution in [2.24, 2.45) is 0 Å². The molecule has 0 bridgehead atoms. The Labute approximate surface area is 179 Å². The van der Waals surface area contributed by atoms with E-state index < -0.39 is 49.0 Å². The van der Waals surface area contributed by atoms with Gasteiger partial charge < -0.3 is 20.5 Å². The Bertz CT molecular complexity index is 948. The highest BCUT2D eigenvalue weighted by molar-refractivity contribution is 5.97. The van der Waals surface area contributed by atoms with Gasteiger partial charge in [-0.05, 0) is 37.8 Å².